The molecule has 1 unspecified atom stereocenters. The first-order valence-corrected chi connectivity index (χ1v) is 13.5. The monoisotopic (exact) mass is 532 g/mol. The number of para-hydroxylation sites is 1. The van der Waals surface area contributed by atoms with E-state index in [1.807, 2.05) is 79.7 Å². The molecule has 7 nitrogen and oxygen atoms in total. The Morgan fingerprint density at radius 3 is 2.31 bits per heavy atom. The summed E-state index contributed by atoms with van der Waals surface area (Å²) < 4.78 is 1.56. The van der Waals surface area contributed by atoms with Crippen LogP contribution < -0.4 is 11.0 Å². The SMILES string of the molecule is Cc1ccc(C2SCC(=O)N2NC(=O)c2ccc(-n3c(-c4ccccc4)nc4ccccc4c3=O)cc2)cc1. The summed E-state index contributed by atoms with van der Waals surface area (Å²) in [5.41, 5.74) is 7.03. The molecule has 1 aliphatic rings. The summed E-state index contributed by atoms with van der Waals surface area (Å²) in [6.45, 7) is 2.00. The Morgan fingerprint density at radius 2 is 1.56 bits per heavy atom. The van der Waals surface area contributed by atoms with Gasteiger partial charge in [0.1, 0.15) is 11.2 Å². The molecule has 2 amide bonds. The van der Waals surface area contributed by atoms with E-state index in [-0.39, 0.29) is 22.6 Å². The molecule has 192 valence electrons. The standard InChI is InChI=1S/C31H24N4O3S/c1-20-11-13-23(14-12-20)31-35(27(36)19-39-31)33-29(37)22-15-17-24(18-16-22)34-28(21-7-3-2-4-8-21)32-26-10-6-5-9-25(26)30(34)38/h2-18,31H,19H2,1H3,(H,33,37). The molecule has 2 heterocycles. The lowest BCUT2D eigenvalue weighted by Gasteiger charge is -2.24. The lowest BCUT2D eigenvalue weighted by atomic mass is 10.1. The zero-order chi connectivity index (χ0) is 26.9. The maximum Gasteiger partial charge on any atom is 0.269 e. The predicted molar refractivity (Wildman–Crippen MR) is 153 cm³/mol. The number of carbonyl (C=O) groups excluding carboxylic acids is 2. The van der Waals surface area contributed by atoms with Gasteiger partial charge < -0.3 is 0 Å². The number of fused-ring (bicyclic) bond motifs is 1. The molecule has 1 saturated heterocycles. The Morgan fingerprint density at radius 1 is 0.872 bits per heavy atom. The second kappa shape index (κ2) is 10.2. The first-order chi connectivity index (χ1) is 19.0. The highest BCUT2D eigenvalue weighted by Gasteiger charge is 2.34. The van der Waals surface area contributed by atoms with E-state index in [1.54, 1.807) is 34.9 Å². The molecule has 4 aromatic carbocycles. The van der Waals surface area contributed by atoms with Crippen molar-refractivity contribution in [3.8, 4) is 17.1 Å². The van der Waals surface area contributed by atoms with Crippen molar-refractivity contribution in [1.29, 1.82) is 0 Å². The Balaban J connectivity index is 1.32. The smallest absolute Gasteiger partial charge is 0.269 e. The van der Waals surface area contributed by atoms with Crippen molar-refractivity contribution in [1.82, 2.24) is 20.0 Å². The van der Waals surface area contributed by atoms with Crippen molar-refractivity contribution >= 4 is 34.5 Å². The fourth-order valence-electron chi connectivity index (χ4n) is 4.61. The molecular formula is C31H24N4O3S. The van der Waals surface area contributed by atoms with Gasteiger partial charge in [0.15, 0.2) is 0 Å². The van der Waals surface area contributed by atoms with Crippen molar-refractivity contribution in [2.24, 2.45) is 0 Å². The highest BCUT2D eigenvalue weighted by atomic mass is 32.2. The Labute approximate surface area is 229 Å². The molecule has 1 N–H and O–H groups in total. The number of hydrogen-bond acceptors (Lipinski definition) is 5. The number of thioether (sulfide) groups is 1. The molecule has 0 saturated carbocycles. The van der Waals surface area contributed by atoms with Gasteiger partial charge in [-0.3, -0.25) is 24.4 Å². The van der Waals surface area contributed by atoms with Gasteiger partial charge in [-0.1, -0.05) is 72.3 Å². The molecule has 8 heteroatoms. The molecule has 1 atom stereocenters. The Hall–Kier alpha value is -4.69. The van der Waals surface area contributed by atoms with Crippen LogP contribution in [0.15, 0.2) is 108 Å². The van der Waals surface area contributed by atoms with E-state index in [2.05, 4.69) is 5.43 Å². The topological polar surface area (TPSA) is 84.3 Å². The van der Waals surface area contributed by atoms with Gasteiger partial charge in [-0.25, -0.2) is 9.99 Å². The largest absolute Gasteiger partial charge is 0.272 e. The Bertz CT molecular complexity index is 1750. The summed E-state index contributed by atoms with van der Waals surface area (Å²) in [5.74, 6) is 0.244. The number of nitrogens with one attached hydrogen (secondary N) is 1. The van der Waals surface area contributed by atoms with E-state index < -0.39 is 5.91 Å². The van der Waals surface area contributed by atoms with Crippen molar-refractivity contribution < 1.29 is 9.59 Å². The lowest BCUT2D eigenvalue weighted by molar-refractivity contribution is -0.130. The number of benzene rings is 4. The summed E-state index contributed by atoms with van der Waals surface area (Å²) in [5, 5.41) is 1.61. The van der Waals surface area contributed by atoms with Gasteiger partial charge in [0.25, 0.3) is 17.4 Å². The molecule has 1 aliphatic heterocycles. The van der Waals surface area contributed by atoms with E-state index in [4.69, 9.17) is 4.98 Å². The average molecular weight is 533 g/mol. The fraction of sp³-hybridized carbons (Fsp3) is 0.0968. The second-order valence-electron chi connectivity index (χ2n) is 9.28. The van der Waals surface area contributed by atoms with E-state index in [1.165, 1.54) is 16.8 Å². The van der Waals surface area contributed by atoms with Gasteiger partial charge in [0.05, 0.1) is 22.3 Å². The van der Waals surface area contributed by atoms with Crippen LogP contribution in [0.4, 0.5) is 0 Å². The summed E-state index contributed by atoms with van der Waals surface area (Å²) >= 11 is 1.47. The van der Waals surface area contributed by atoms with Crippen molar-refractivity contribution in [3.05, 3.63) is 130 Å². The molecule has 39 heavy (non-hydrogen) atoms. The van der Waals surface area contributed by atoms with Crippen LogP contribution in [0.2, 0.25) is 0 Å². The van der Waals surface area contributed by atoms with Crippen LogP contribution in [-0.4, -0.2) is 32.1 Å². The fourth-order valence-corrected chi connectivity index (χ4v) is 5.72. The zero-order valence-electron chi connectivity index (χ0n) is 21.1. The molecule has 5 aromatic rings. The van der Waals surface area contributed by atoms with Crippen LogP contribution in [0.1, 0.15) is 26.9 Å². The van der Waals surface area contributed by atoms with Crippen molar-refractivity contribution in [3.63, 3.8) is 0 Å². The van der Waals surface area contributed by atoms with Gasteiger partial charge >= 0.3 is 0 Å². The van der Waals surface area contributed by atoms with Crippen molar-refractivity contribution in [2.75, 3.05) is 5.75 Å². The van der Waals surface area contributed by atoms with E-state index in [0.717, 1.165) is 16.7 Å². The number of hydrogen-bond donors (Lipinski definition) is 1. The van der Waals surface area contributed by atoms with Crippen LogP contribution in [0.25, 0.3) is 28.0 Å². The summed E-state index contributed by atoms with van der Waals surface area (Å²) in [6.07, 6.45) is 0. The van der Waals surface area contributed by atoms with E-state index in [9.17, 15) is 14.4 Å². The molecule has 6 rings (SSSR count). The molecule has 0 aliphatic carbocycles. The number of aromatic nitrogens is 2. The third-order valence-corrected chi connectivity index (χ3v) is 7.86. The van der Waals surface area contributed by atoms with Gasteiger partial charge in [-0.15, -0.1) is 11.8 Å². The van der Waals surface area contributed by atoms with Gasteiger partial charge in [0, 0.05) is 11.1 Å². The molecule has 0 radical (unpaired) electrons. The number of aryl methyl sites for hydroxylation is 1. The van der Waals surface area contributed by atoms with Gasteiger partial charge in [0.2, 0.25) is 0 Å². The minimum Gasteiger partial charge on any atom is -0.272 e. The number of amides is 2. The first-order valence-electron chi connectivity index (χ1n) is 12.5. The zero-order valence-corrected chi connectivity index (χ0v) is 21.9. The van der Waals surface area contributed by atoms with Crippen LogP contribution in [0.5, 0.6) is 0 Å². The number of rotatable bonds is 5. The number of carbonyl (C=O) groups is 2. The maximum absolute atomic E-state index is 13.6. The minimum absolute atomic E-state index is 0.156. The highest BCUT2D eigenvalue weighted by molar-refractivity contribution is 8.00. The summed E-state index contributed by atoms with van der Waals surface area (Å²) in [4.78, 5) is 44.1. The molecule has 1 aromatic heterocycles. The van der Waals surface area contributed by atoms with Crippen LogP contribution in [0.3, 0.4) is 0 Å². The third-order valence-electron chi connectivity index (χ3n) is 6.65. The van der Waals surface area contributed by atoms with Gasteiger partial charge in [-0.2, -0.15) is 0 Å². The number of nitrogens with zero attached hydrogens (tertiary/aromatic N) is 3. The summed E-state index contributed by atoms with van der Waals surface area (Å²) in [7, 11) is 0. The van der Waals surface area contributed by atoms with Gasteiger partial charge in [-0.05, 0) is 48.9 Å². The molecule has 0 bridgehead atoms. The Kier molecular flexibility index (Phi) is 6.46. The number of hydrazine groups is 1. The van der Waals surface area contributed by atoms with Crippen molar-refractivity contribution in [2.45, 2.75) is 12.3 Å². The lowest BCUT2D eigenvalue weighted by Crippen LogP contribution is -2.44. The molecular weight excluding hydrogens is 508 g/mol. The second-order valence-corrected chi connectivity index (χ2v) is 10.4. The highest BCUT2D eigenvalue weighted by Crippen LogP contribution is 2.37. The maximum atomic E-state index is 13.6. The quantitative estimate of drug-likeness (QED) is 0.333. The summed E-state index contributed by atoms with van der Waals surface area (Å²) in [6, 6.07) is 31.4. The predicted octanol–water partition coefficient (Wildman–Crippen LogP) is 5.28. The average Bonchev–Trinajstić information content (AvgIpc) is 3.33. The van der Waals surface area contributed by atoms with E-state index >= 15 is 0 Å². The normalized spacial score (nSPS) is 15.1. The molecule has 0 spiro atoms. The van der Waals surface area contributed by atoms with Crippen LogP contribution in [0, 0.1) is 6.92 Å². The van der Waals surface area contributed by atoms with E-state index in [0.29, 0.717) is 28.0 Å². The van der Waals surface area contributed by atoms with Crippen LogP contribution in [-0.2, 0) is 4.79 Å². The molecule has 1 fully saturated rings. The first kappa shape index (κ1) is 24.6. The van der Waals surface area contributed by atoms with Crippen LogP contribution >= 0.6 is 11.8 Å². The third kappa shape index (κ3) is 4.70. The minimum atomic E-state index is -0.401.